The lowest BCUT2D eigenvalue weighted by atomic mass is 10.0. The summed E-state index contributed by atoms with van der Waals surface area (Å²) in [5.74, 6) is 0.489. The molecule has 0 bridgehead atoms. The molecule has 0 spiro atoms. The van der Waals surface area contributed by atoms with Crippen LogP contribution in [0.15, 0.2) is 66.3 Å². The van der Waals surface area contributed by atoms with Gasteiger partial charge in [-0.2, -0.15) is 0 Å². The molecule has 0 radical (unpaired) electrons. The zero-order valence-electron chi connectivity index (χ0n) is 11.1. The fourth-order valence-corrected chi connectivity index (χ4v) is 1.70. The number of hydrogen-bond acceptors (Lipinski definition) is 3. The van der Waals surface area contributed by atoms with E-state index in [0.29, 0.717) is 5.57 Å². The van der Waals surface area contributed by atoms with Crippen LogP contribution in [0.4, 0.5) is 0 Å². The van der Waals surface area contributed by atoms with E-state index < -0.39 is 0 Å². The first-order chi connectivity index (χ1) is 9.69. The van der Waals surface area contributed by atoms with Gasteiger partial charge in [0.05, 0.1) is 7.11 Å². The molecular formula is C17H14O3. The molecule has 0 saturated carbocycles. The molecule has 1 aromatic rings. The van der Waals surface area contributed by atoms with Gasteiger partial charge < -0.3 is 4.74 Å². The number of allylic oxidation sites excluding steroid dienone is 7. The first-order valence-corrected chi connectivity index (χ1v) is 6.16. The Morgan fingerprint density at radius 3 is 2.35 bits per heavy atom. The second kappa shape index (κ2) is 6.48. The Bertz CT molecular complexity index is 629. The minimum absolute atomic E-state index is 0.154. The lowest BCUT2D eigenvalue weighted by Crippen LogP contribution is -2.05. The third kappa shape index (κ3) is 3.65. The van der Waals surface area contributed by atoms with Gasteiger partial charge >= 0.3 is 0 Å². The van der Waals surface area contributed by atoms with Gasteiger partial charge in [-0.05, 0) is 35.9 Å². The van der Waals surface area contributed by atoms with Crippen LogP contribution in [0.5, 0.6) is 5.75 Å². The molecule has 0 atom stereocenters. The quantitative estimate of drug-likeness (QED) is 0.621. The van der Waals surface area contributed by atoms with Crippen molar-refractivity contribution >= 4 is 17.6 Å². The van der Waals surface area contributed by atoms with Crippen LogP contribution in [0.3, 0.4) is 0 Å². The summed E-state index contributed by atoms with van der Waals surface area (Å²) in [6.07, 6.45) is 11.0. The summed E-state index contributed by atoms with van der Waals surface area (Å²) < 4.78 is 5.07. The van der Waals surface area contributed by atoms with Crippen molar-refractivity contribution in [3.63, 3.8) is 0 Å². The predicted octanol–water partition coefficient (Wildman–Crippen LogP) is 2.90. The van der Waals surface area contributed by atoms with Crippen molar-refractivity contribution < 1.29 is 14.3 Å². The highest BCUT2D eigenvalue weighted by atomic mass is 16.5. The lowest BCUT2D eigenvalue weighted by Gasteiger charge is -2.00. The fraction of sp³-hybridized carbons (Fsp3) is 0.0588. The fourth-order valence-electron chi connectivity index (χ4n) is 1.70. The minimum atomic E-state index is -0.164. The van der Waals surface area contributed by atoms with Gasteiger partial charge in [-0.1, -0.05) is 36.4 Å². The molecule has 0 N–H and O–H groups in total. The SMILES string of the molecule is COc1ccc(C=CC=CC2=CC(=O)C=CC2=O)cc1. The molecule has 0 heterocycles. The maximum Gasteiger partial charge on any atom is 0.186 e. The van der Waals surface area contributed by atoms with Gasteiger partial charge in [-0.3, -0.25) is 9.59 Å². The highest BCUT2D eigenvalue weighted by molar-refractivity contribution is 6.18. The molecule has 20 heavy (non-hydrogen) atoms. The molecule has 1 aliphatic rings. The Labute approximate surface area is 117 Å². The van der Waals surface area contributed by atoms with Crippen LogP contribution in [-0.4, -0.2) is 18.7 Å². The molecule has 1 aliphatic carbocycles. The number of benzene rings is 1. The van der Waals surface area contributed by atoms with Gasteiger partial charge in [0.2, 0.25) is 0 Å². The third-order valence-electron chi connectivity index (χ3n) is 2.77. The van der Waals surface area contributed by atoms with E-state index in [9.17, 15) is 9.59 Å². The number of methoxy groups -OCH3 is 1. The number of ketones is 2. The van der Waals surface area contributed by atoms with Gasteiger partial charge in [0, 0.05) is 5.57 Å². The van der Waals surface area contributed by atoms with E-state index in [4.69, 9.17) is 4.74 Å². The Kier molecular flexibility index (Phi) is 4.45. The average Bonchev–Trinajstić information content (AvgIpc) is 2.47. The van der Waals surface area contributed by atoms with Crippen LogP contribution in [0.25, 0.3) is 6.08 Å². The molecular weight excluding hydrogens is 252 g/mol. The number of carbonyl (C=O) groups is 2. The van der Waals surface area contributed by atoms with Crippen molar-refractivity contribution in [2.45, 2.75) is 0 Å². The van der Waals surface area contributed by atoms with Gasteiger partial charge in [0.25, 0.3) is 0 Å². The average molecular weight is 266 g/mol. The zero-order valence-corrected chi connectivity index (χ0v) is 11.1. The topological polar surface area (TPSA) is 43.4 Å². The summed E-state index contributed by atoms with van der Waals surface area (Å²) >= 11 is 0. The molecule has 0 saturated heterocycles. The Hall–Kier alpha value is -2.68. The van der Waals surface area contributed by atoms with E-state index >= 15 is 0 Å². The monoisotopic (exact) mass is 266 g/mol. The van der Waals surface area contributed by atoms with Crippen molar-refractivity contribution in [1.29, 1.82) is 0 Å². The van der Waals surface area contributed by atoms with Crippen molar-refractivity contribution in [2.75, 3.05) is 7.11 Å². The standard InChI is InChI=1S/C17H14O3/c1-20-16-9-6-13(7-10-16)4-2-3-5-14-12-15(18)8-11-17(14)19/h2-12H,1H3. The van der Waals surface area contributed by atoms with E-state index in [1.807, 2.05) is 36.4 Å². The van der Waals surface area contributed by atoms with E-state index in [1.165, 1.54) is 18.2 Å². The van der Waals surface area contributed by atoms with E-state index in [1.54, 1.807) is 19.3 Å². The largest absolute Gasteiger partial charge is 0.497 e. The molecule has 3 nitrogen and oxygen atoms in total. The summed E-state index contributed by atoms with van der Waals surface area (Å²) in [7, 11) is 1.62. The van der Waals surface area contributed by atoms with Crippen LogP contribution >= 0.6 is 0 Å². The normalized spacial score (nSPS) is 15.2. The summed E-state index contributed by atoms with van der Waals surface area (Å²) in [4.78, 5) is 22.6. The van der Waals surface area contributed by atoms with Gasteiger partial charge in [0.1, 0.15) is 5.75 Å². The predicted molar refractivity (Wildman–Crippen MR) is 78.4 cm³/mol. The van der Waals surface area contributed by atoms with Crippen LogP contribution in [-0.2, 0) is 9.59 Å². The number of carbonyl (C=O) groups excluding carboxylic acids is 2. The Morgan fingerprint density at radius 1 is 0.950 bits per heavy atom. The van der Waals surface area contributed by atoms with E-state index in [-0.39, 0.29) is 11.6 Å². The van der Waals surface area contributed by atoms with Crippen molar-refractivity contribution in [1.82, 2.24) is 0 Å². The molecule has 0 fully saturated rings. The molecule has 1 aromatic carbocycles. The summed E-state index contributed by atoms with van der Waals surface area (Å²) in [5.41, 5.74) is 1.42. The molecule has 0 unspecified atom stereocenters. The molecule has 2 rings (SSSR count). The van der Waals surface area contributed by atoms with Gasteiger partial charge in [0.15, 0.2) is 11.6 Å². The second-order valence-electron chi connectivity index (χ2n) is 4.19. The zero-order chi connectivity index (χ0) is 14.4. The van der Waals surface area contributed by atoms with E-state index in [0.717, 1.165) is 11.3 Å². The van der Waals surface area contributed by atoms with Crippen molar-refractivity contribution in [2.24, 2.45) is 0 Å². The second-order valence-corrected chi connectivity index (χ2v) is 4.19. The number of hydrogen-bond donors (Lipinski definition) is 0. The summed E-state index contributed by atoms with van der Waals surface area (Å²) in [6, 6.07) is 7.61. The van der Waals surface area contributed by atoms with Crippen molar-refractivity contribution in [3.05, 3.63) is 71.9 Å². The smallest absolute Gasteiger partial charge is 0.186 e. The summed E-state index contributed by atoms with van der Waals surface area (Å²) in [6.45, 7) is 0. The highest BCUT2D eigenvalue weighted by Crippen LogP contribution is 2.12. The van der Waals surface area contributed by atoms with Crippen LogP contribution in [0.1, 0.15) is 5.56 Å². The summed E-state index contributed by atoms with van der Waals surface area (Å²) in [5, 5.41) is 0. The molecule has 100 valence electrons. The highest BCUT2D eigenvalue weighted by Gasteiger charge is 2.09. The van der Waals surface area contributed by atoms with Crippen LogP contribution in [0, 0.1) is 0 Å². The van der Waals surface area contributed by atoms with Crippen molar-refractivity contribution in [3.8, 4) is 5.75 Å². The third-order valence-corrected chi connectivity index (χ3v) is 2.77. The minimum Gasteiger partial charge on any atom is -0.497 e. The molecule has 0 amide bonds. The Balaban J connectivity index is 2.00. The van der Waals surface area contributed by atoms with E-state index in [2.05, 4.69) is 0 Å². The van der Waals surface area contributed by atoms with Gasteiger partial charge in [-0.25, -0.2) is 0 Å². The number of rotatable bonds is 4. The van der Waals surface area contributed by atoms with Crippen LogP contribution < -0.4 is 4.74 Å². The first-order valence-electron chi connectivity index (χ1n) is 6.16. The molecule has 0 aromatic heterocycles. The van der Waals surface area contributed by atoms with Crippen LogP contribution in [0.2, 0.25) is 0 Å². The Morgan fingerprint density at radius 2 is 1.65 bits per heavy atom. The maximum atomic E-state index is 11.5. The first kappa shape index (κ1) is 13.7. The lowest BCUT2D eigenvalue weighted by molar-refractivity contribution is -0.114. The van der Waals surface area contributed by atoms with Gasteiger partial charge in [-0.15, -0.1) is 0 Å². The number of ether oxygens (including phenoxy) is 1. The maximum absolute atomic E-state index is 11.5. The molecule has 0 aliphatic heterocycles. The molecule has 3 heteroatoms.